The molecule has 0 unspecified atom stereocenters. The van der Waals surface area contributed by atoms with Gasteiger partial charge in [0.2, 0.25) is 35.4 Å². The third-order valence-electron chi connectivity index (χ3n) is 6.40. The maximum atomic E-state index is 12.8. The second-order valence-corrected chi connectivity index (χ2v) is 10.6. The van der Waals surface area contributed by atoms with Crippen molar-refractivity contribution in [2.75, 3.05) is 27.2 Å². The van der Waals surface area contributed by atoms with Gasteiger partial charge in [-0.2, -0.15) is 0 Å². The molecule has 1 atom stereocenters. The Labute approximate surface area is 245 Å². The summed E-state index contributed by atoms with van der Waals surface area (Å²) in [5, 5.41) is 16.5. The van der Waals surface area contributed by atoms with Crippen molar-refractivity contribution in [3.05, 3.63) is 0 Å². The molecule has 12 nitrogen and oxygen atoms in total. The van der Waals surface area contributed by atoms with Crippen LogP contribution in [-0.2, 0) is 28.8 Å². The molecule has 0 fully saturated rings. The van der Waals surface area contributed by atoms with Crippen LogP contribution in [0.5, 0.6) is 0 Å². The van der Waals surface area contributed by atoms with Gasteiger partial charge < -0.3 is 31.9 Å². The normalized spacial score (nSPS) is 11.3. The predicted molar refractivity (Wildman–Crippen MR) is 159 cm³/mol. The molecule has 6 amide bonds. The highest BCUT2D eigenvalue weighted by molar-refractivity contribution is 5.87. The Balaban J connectivity index is 4.48. The Hall–Kier alpha value is -3.18. The molecule has 0 radical (unpaired) electrons. The molecule has 12 heteroatoms. The number of nitrogens with one attached hydrogen (secondary N) is 6. The van der Waals surface area contributed by atoms with Crippen LogP contribution in [0.1, 0.15) is 110 Å². The fourth-order valence-corrected chi connectivity index (χ4v) is 4.03. The van der Waals surface area contributed by atoms with Crippen LogP contribution in [0.4, 0.5) is 0 Å². The average Bonchev–Trinajstić information content (AvgIpc) is 2.93. The van der Waals surface area contributed by atoms with E-state index < -0.39 is 6.04 Å². The summed E-state index contributed by atoms with van der Waals surface area (Å²) in [6, 6.07) is -0.564. The molecule has 0 aliphatic rings. The van der Waals surface area contributed by atoms with Crippen molar-refractivity contribution in [1.82, 2.24) is 31.9 Å². The molecule has 0 spiro atoms. The van der Waals surface area contributed by atoms with Gasteiger partial charge >= 0.3 is 0 Å². The Morgan fingerprint density at radius 2 is 0.927 bits per heavy atom. The van der Waals surface area contributed by atoms with E-state index in [4.69, 9.17) is 0 Å². The summed E-state index contributed by atoms with van der Waals surface area (Å²) < 4.78 is 0. The van der Waals surface area contributed by atoms with Crippen LogP contribution in [0, 0.1) is 0 Å². The summed E-state index contributed by atoms with van der Waals surface area (Å²) in [6.45, 7) is 4.77. The molecule has 0 aromatic rings. The van der Waals surface area contributed by atoms with E-state index in [-0.39, 0.29) is 47.9 Å². The number of hydrogen-bond donors (Lipinski definition) is 6. The molecular formula is C29H54N6O6. The topological polar surface area (TPSA) is 175 Å². The fraction of sp³-hybridized carbons (Fsp3) is 0.793. The number of hydrogen-bond acceptors (Lipinski definition) is 6. The number of carbonyl (C=O) groups excluding carboxylic acids is 6. The van der Waals surface area contributed by atoms with Crippen LogP contribution in [-0.4, -0.2) is 74.7 Å². The lowest BCUT2D eigenvalue weighted by Gasteiger charge is -2.19. The van der Waals surface area contributed by atoms with Gasteiger partial charge in [-0.1, -0.05) is 6.42 Å². The lowest BCUT2D eigenvalue weighted by atomic mass is 10.1. The fourth-order valence-electron chi connectivity index (χ4n) is 4.03. The van der Waals surface area contributed by atoms with Gasteiger partial charge in [0.15, 0.2) is 0 Å². The van der Waals surface area contributed by atoms with Gasteiger partial charge in [-0.3, -0.25) is 28.8 Å². The first-order valence-corrected chi connectivity index (χ1v) is 15.1. The molecule has 0 aromatic carbocycles. The monoisotopic (exact) mass is 582 g/mol. The Kier molecular flexibility index (Phi) is 22.7. The highest BCUT2D eigenvalue weighted by Crippen LogP contribution is 2.06. The number of unbranched alkanes of at least 4 members (excludes halogenated alkanes) is 5. The summed E-state index contributed by atoms with van der Waals surface area (Å²) in [7, 11) is 3.16. The zero-order valence-corrected chi connectivity index (χ0v) is 25.6. The van der Waals surface area contributed by atoms with E-state index in [1.54, 1.807) is 14.1 Å². The molecular weight excluding hydrogens is 528 g/mol. The quantitative estimate of drug-likeness (QED) is 0.0942. The zero-order chi connectivity index (χ0) is 30.9. The minimum Gasteiger partial charge on any atom is -0.359 e. The minimum atomic E-state index is -0.682. The Bertz CT molecular complexity index is 805. The molecule has 0 heterocycles. The first-order chi connectivity index (χ1) is 19.6. The van der Waals surface area contributed by atoms with Gasteiger partial charge in [0.05, 0.1) is 0 Å². The highest BCUT2D eigenvalue weighted by Gasteiger charge is 2.20. The SMILES string of the molecule is CNC(=O)CCCCC(=O)NCCCC[C@H](NC(=O)CCCCC(=O)NC)C(=O)NCCCCCC(=O)NC(C)C. The van der Waals surface area contributed by atoms with Crippen molar-refractivity contribution in [1.29, 1.82) is 0 Å². The van der Waals surface area contributed by atoms with Crippen LogP contribution < -0.4 is 31.9 Å². The summed E-state index contributed by atoms with van der Waals surface area (Å²) in [5.74, 6) is -0.628. The molecule has 0 rings (SSSR count). The van der Waals surface area contributed by atoms with E-state index in [2.05, 4.69) is 31.9 Å². The van der Waals surface area contributed by atoms with Crippen molar-refractivity contribution in [3.8, 4) is 0 Å². The van der Waals surface area contributed by atoms with Crippen LogP contribution >= 0.6 is 0 Å². The van der Waals surface area contributed by atoms with Gasteiger partial charge in [-0.05, 0) is 71.6 Å². The van der Waals surface area contributed by atoms with Crippen molar-refractivity contribution in [2.24, 2.45) is 0 Å². The standard InChI is InChI=1S/C29H54N6O6/c1-22(2)34-27(39)18-6-5-12-21-33-29(41)23(35-28(40)19-10-8-16-25(37)31-4)14-11-13-20-32-26(38)17-9-7-15-24(36)30-3/h22-23H,5-21H2,1-4H3,(H,30,36)(H,31,37)(H,32,38)(H,33,41)(H,34,39)(H,35,40)/t23-/m0/s1. The summed E-state index contributed by atoms with van der Waals surface area (Å²) in [5.41, 5.74) is 0. The van der Waals surface area contributed by atoms with Crippen molar-refractivity contribution < 1.29 is 28.8 Å². The minimum absolute atomic E-state index is 0.0272. The summed E-state index contributed by atoms with van der Waals surface area (Å²) in [6.07, 6.45) is 8.25. The average molecular weight is 583 g/mol. The van der Waals surface area contributed by atoms with Gasteiger partial charge in [0, 0.05) is 65.3 Å². The molecule has 0 bridgehead atoms. The van der Waals surface area contributed by atoms with Crippen LogP contribution in [0.3, 0.4) is 0 Å². The maximum Gasteiger partial charge on any atom is 0.242 e. The third kappa shape index (κ3) is 23.2. The van der Waals surface area contributed by atoms with E-state index in [9.17, 15) is 28.8 Å². The number of carbonyl (C=O) groups is 6. The van der Waals surface area contributed by atoms with Crippen LogP contribution in [0.25, 0.3) is 0 Å². The first-order valence-electron chi connectivity index (χ1n) is 15.1. The van der Waals surface area contributed by atoms with Gasteiger partial charge in [0.1, 0.15) is 6.04 Å². The lowest BCUT2D eigenvalue weighted by Crippen LogP contribution is -2.47. The predicted octanol–water partition coefficient (Wildman–Crippen LogP) is 1.57. The van der Waals surface area contributed by atoms with E-state index in [1.165, 1.54) is 0 Å². The maximum absolute atomic E-state index is 12.8. The van der Waals surface area contributed by atoms with Crippen LogP contribution in [0.2, 0.25) is 0 Å². The summed E-state index contributed by atoms with van der Waals surface area (Å²) >= 11 is 0. The molecule has 236 valence electrons. The Morgan fingerprint density at radius 1 is 0.488 bits per heavy atom. The molecule has 0 saturated carbocycles. The highest BCUT2D eigenvalue weighted by atomic mass is 16.2. The molecule has 41 heavy (non-hydrogen) atoms. The molecule has 6 N–H and O–H groups in total. The number of amides is 6. The Morgan fingerprint density at radius 3 is 1.46 bits per heavy atom. The van der Waals surface area contributed by atoms with Crippen molar-refractivity contribution >= 4 is 35.4 Å². The van der Waals surface area contributed by atoms with Crippen molar-refractivity contribution in [3.63, 3.8) is 0 Å². The molecule has 0 aliphatic heterocycles. The smallest absolute Gasteiger partial charge is 0.242 e. The molecule has 0 aliphatic carbocycles. The summed E-state index contributed by atoms with van der Waals surface area (Å²) in [4.78, 5) is 71.6. The van der Waals surface area contributed by atoms with E-state index >= 15 is 0 Å². The second-order valence-electron chi connectivity index (χ2n) is 10.6. The van der Waals surface area contributed by atoms with E-state index in [0.29, 0.717) is 83.7 Å². The molecule has 0 saturated heterocycles. The van der Waals surface area contributed by atoms with E-state index in [0.717, 1.165) is 19.3 Å². The lowest BCUT2D eigenvalue weighted by molar-refractivity contribution is -0.129. The van der Waals surface area contributed by atoms with Gasteiger partial charge in [-0.25, -0.2) is 0 Å². The number of rotatable bonds is 24. The van der Waals surface area contributed by atoms with Crippen LogP contribution in [0.15, 0.2) is 0 Å². The second kappa shape index (κ2) is 24.6. The van der Waals surface area contributed by atoms with Gasteiger partial charge in [-0.15, -0.1) is 0 Å². The first kappa shape index (κ1) is 37.8. The van der Waals surface area contributed by atoms with Crippen molar-refractivity contribution in [2.45, 2.75) is 122 Å². The van der Waals surface area contributed by atoms with E-state index in [1.807, 2.05) is 13.8 Å². The zero-order valence-electron chi connectivity index (χ0n) is 25.6. The molecule has 0 aromatic heterocycles. The largest absolute Gasteiger partial charge is 0.359 e. The third-order valence-corrected chi connectivity index (χ3v) is 6.40. The van der Waals surface area contributed by atoms with Gasteiger partial charge in [0.25, 0.3) is 0 Å².